The van der Waals surface area contributed by atoms with E-state index in [4.69, 9.17) is 4.74 Å². The first-order chi connectivity index (χ1) is 16.4. The molecule has 2 aromatic carbocycles. The minimum atomic E-state index is -0.864. The van der Waals surface area contributed by atoms with Gasteiger partial charge in [0.05, 0.1) is 16.7 Å². The molecule has 2 amide bonds. The predicted octanol–water partition coefficient (Wildman–Crippen LogP) is 2.42. The molecule has 0 saturated heterocycles. The first-order valence-corrected chi connectivity index (χ1v) is 10.9. The number of carbonyl (C=O) groups is 2. The molecule has 4 aromatic rings. The monoisotopic (exact) mass is 456 g/mol. The van der Waals surface area contributed by atoms with Crippen molar-refractivity contribution in [2.45, 2.75) is 19.4 Å². The molecule has 3 heterocycles. The zero-order chi connectivity index (χ0) is 23.8. The highest BCUT2D eigenvalue weighted by atomic mass is 16.5. The number of fused-ring (bicyclic) bond motifs is 2. The van der Waals surface area contributed by atoms with E-state index < -0.39 is 11.9 Å². The smallest absolute Gasteiger partial charge is 0.272 e. The van der Waals surface area contributed by atoms with Crippen LogP contribution in [-0.2, 0) is 18.3 Å². The van der Waals surface area contributed by atoms with Gasteiger partial charge in [-0.25, -0.2) is 0 Å². The van der Waals surface area contributed by atoms with Crippen LogP contribution >= 0.6 is 0 Å². The number of likely N-dealkylation sites (N-methyl/N-ethyl adjacent to an activating group) is 1. The van der Waals surface area contributed by atoms with E-state index in [0.717, 1.165) is 11.3 Å². The fraction of sp³-hybridized carbons (Fsp3) is 0.240. The Morgan fingerprint density at radius 3 is 2.53 bits per heavy atom. The van der Waals surface area contributed by atoms with Crippen LogP contribution in [0.1, 0.15) is 27.3 Å². The second-order valence-electron chi connectivity index (χ2n) is 8.41. The average molecular weight is 457 g/mol. The first kappa shape index (κ1) is 21.6. The summed E-state index contributed by atoms with van der Waals surface area (Å²) in [7, 11) is 3.45. The van der Waals surface area contributed by atoms with Gasteiger partial charge < -0.3 is 15.0 Å². The van der Waals surface area contributed by atoms with E-state index in [0.29, 0.717) is 28.9 Å². The normalized spacial score (nSPS) is 15.6. The molecule has 0 aliphatic carbocycles. The number of benzene rings is 2. The number of aryl methyl sites for hydroxylation is 2. The number of amides is 2. The zero-order valence-corrected chi connectivity index (χ0v) is 19.1. The first-order valence-electron chi connectivity index (χ1n) is 10.9. The van der Waals surface area contributed by atoms with Gasteiger partial charge in [-0.3, -0.25) is 24.2 Å². The Labute approximate surface area is 196 Å². The molecule has 0 bridgehead atoms. The lowest BCUT2D eigenvalue weighted by Gasteiger charge is -2.20. The molecule has 172 valence electrons. The van der Waals surface area contributed by atoms with Crippen molar-refractivity contribution in [2.75, 3.05) is 18.6 Å². The Balaban J connectivity index is 1.33. The van der Waals surface area contributed by atoms with Crippen molar-refractivity contribution in [3.05, 3.63) is 77.4 Å². The van der Waals surface area contributed by atoms with Crippen molar-refractivity contribution in [3.8, 4) is 5.75 Å². The summed E-state index contributed by atoms with van der Waals surface area (Å²) in [6.07, 6.45) is 3.84. The lowest BCUT2D eigenvalue weighted by molar-refractivity contribution is -0.120. The van der Waals surface area contributed by atoms with Crippen LogP contribution in [0.3, 0.4) is 0 Å². The number of rotatable bonds is 4. The summed E-state index contributed by atoms with van der Waals surface area (Å²) in [6, 6.07) is 12.6. The summed E-state index contributed by atoms with van der Waals surface area (Å²) in [5, 5.41) is 7.14. The quantitative estimate of drug-likeness (QED) is 0.506. The number of nitrogens with one attached hydrogen (secondary N) is 1. The number of nitrogens with zero attached hydrogens (tertiary/aromatic N) is 5. The van der Waals surface area contributed by atoms with Crippen molar-refractivity contribution in [1.82, 2.24) is 25.1 Å². The lowest BCUT2D eigenvalue weighted by atomic mass is 10.1. The minimum absolute atomic E-state index is 0.00323. The highest BCUT2D eigenvalue weighted by molar-refractivity contribution is 6.04. The van der Waals surface area contributed by atoms with Crippen molar-refractivity contribution >= 4 is 28.5 Å². The molecule has 34 heavy (non-hydrogen) atoms. The molecule has 0 saturated carbocycles. The van der Waals surface area contributed by atoms with Crippen LogP contribution in [0.15, 0.2) is 54.9 Å². The maximum absolute atomic E-state index is 13.1. The van der Waals surface area contributed by atoms with Gasteiger partial charge in [-0.2, -0.15) is 5.10 Å². The fourth-order valence-electron chi connectivity index (χ4n) is 3.99. The standard InChI is InChI=1S/C25H24N6O3/c1-15-4-6-16(7-5-15)10-17-11-20(29-31(17)3)24(32)28-21-14-34-23-13-19-18(26-8-9-27-19)12-22(23)30(2)25(21)33/h4-9,11-13,21H,10,14H2,1-3H3,(H,28,32). The molecule has 9 heteroatoms. The molecular formula is C25H24N6O3. The third-order valence-corrected chi connectivity index (χ3v) is 5.97. The molecular weight excluding hydrogens is 432 g/mol. The summed E-state index contributed by atoms with van der Waals surface area (Å²) in [6.45, 7) is 2.04. The van der Waals surface area contributed by atoms with E-state index in [1.807, 2.05) is 6.92 Å². The van der Waals surface area contributed by atoms with Gasteiger partial charge in [0.15, 0.2) is 0 Å². The molecule has 0 radical (unpaired) electrons. The summed E-state index contributed by atoms with van der Waals surface area (Å²) in [5.41, 5.74) is 5.36. The number of hydrogen-bond donors (Lipinski definition) is 1. The third-order valence-electron chi connectivity index (χ3n) is 5.97. The Kier molecular flexibility index (Phi) is 5.45. The van der Waals surface area contributed by atoms with Gasteiger partial charge in [0.1, 0.15) is 24.1 Å². The highest BCUT2D eigenvalue weighted by Gasteiger charge is 2.32. The van der Waals surface area contributed by atoms with E-state index in [9.17, 15) is 9.59 Å². The average Bonchev–Trinajstić information content (AvgIpc) is 3.16. The lowest BCUT2D eigenvalue weighted by Crippen LogP contribution is -2.49. The third kappa shape index (κ3) is 4.07. The SMILES string of the molecule is Cc1ccc(Cc2cc(C(=O)NC3COc4cc5nccnc5cc4N(C)C3=O)nn2C)cc1. The van der Waals surface area contributed by atoms with Gasteiger partial charge >= 0.3 is 0 Å². The molecule has 1 atom stereocenters. The Hall–Kier alpha value is -4.27. The highest BCUT2D eigenvalue weighted by Crippen LogP contribution is 2.33. The maximum atomic E-state index is 13.1. The van der Waals surface area contributed by atoms with Crippen LogP contribution in [0.25, 0.3) is 11.0 Å². The summed E-state index contributed by atoms with van der Waals surface area (Å²) in [5.74, 6) is -0.203. The molecule has 1 aliphatic rings. The number of anilines is 1. The molecule has 5 rings (SSSR count). The van der Waals surface area contributed by atoms with E-state index in [2.05, 4.69) is 44.6 Å². The van der Waals surface area contributed by atoms with Gasteiger partial charge in [-0.15, -0.1) is 0 Å². The van der Waals surface area contributed by atoms with Crippen molar-refractivity contribution < 1.29 is 14.3 Å². The van der Waals surface area contributed by atoms with Gasteiger partial charge in [0.2, 0.25) is 0 Å². The van der Waals surface area contributed by atoms with Crippen LogP contribution in [0.5, 0.6) is 5.75 Å². The predicted molar refractivity (Wildman–Crippen MR) is 127 cm³/mol. The minimum Gasteiger partial charge on any atom is -0.489 e. The Morgan fingerprint density at radius 2 is 1.79 bits per heavy atom. The van der Waals surface area contributed by atoms with Gasteiger partial charge in [-0.1, -0.05) is 29.8 Å². The van der Waals surface area contributed by atoms with Gasteiger partial charge in [0, 0.05) is 44.7 Å². The van der Waals surface area contributed by atoms with Crippen LogP contribution in [0.4, 0.5) is 5.69 Å². The van der Waals surface area contributed by atoms with Crippen molar-refractivity contribution in [1.29, 1.82) is 0 Å². The van der Waals surface area contributed by atoms with Gasteiger partial charge in [-0.05, 0) is 24.6 Å². The van der Waals surface area contributed by atoms with Crippen LogP contribution in [-0.4, -0.2) is 51.3 Å². The van der Waals surface area contributed by atoms with Crippen molar-refractivity contribution in [3.63, 3.8) is 0 Å². The Morgan fingerprint density at radius 1 is 1.09 bits per heavy atom. The maximum Gasteiger partial charge on any atom is 0.272 e. The molecule has 9 nitrogen and oxygen atoms in total. The van der Waals surface area contributed by atoms with Crippen LogP contribution in [0, 0.1) is 6.92 Å². The summed E-state index contributed by atoms with van der Waals surface area (Å²) >= 11 is 0. The zero-order valence-electron chi connectivity index (χ0n) is 19.1. The number of hydrogen-bond acceptors (Lipinski definition) is 6. The van der Waals surface area contributed by atoms with E-state index in [-0.39, 0.29) is 18.2 Å². The van der Waals surface area contributed by atoms with Crippen LogP contribution in [0.2, 0.25) is 0 Å². The molecule has 1 unspecified atom stereocenters. The summed E-state index contributed by atoms with van der Waals surface area (Å²) in [4.78, 5) is 36.2. The number of aromatic nitrogens is 4. The van der Waals surface area contributed by atoms with E-state index in [1.165, 1.54) is 10.5 Å². The number of carbonyl (C=O) groups excluding carboxylic acids is 2. The van der Waals surface area contributed by atoms with Crippen LogP contribution < -0.4 is 15.0 Å². The second-order valence-corrected chi connectivity index (χ2v) is 8.41. The van der Waals surface area contributed by atoms with Crippen molar-refractivity contribution in [2.24, 2.45) is 7.05 Å². The topological polar surface area (TPSA) is 102 Å². The van der Waals surface area contributed by atoms with E-state index in [1.54, 1.807) is 49.4 Å². The van der Waals surface area contributed by atoms with E-state index >= 15 is 0 Å². The second kappa shape index (κ2) is 8.58. The molecule has 1 N–H and O–H groups in total. The molecule has 2 aromatic heterocycles. The molecule has 0 fully saturated rings. The van der Waals surface area contributed by atoms with Gasteiger partial charge in [0.25, 0.3) is 11.8 Å². The molecule has 1 aliphatic heterocycles. The largest absolute Gasteiger partial charge is 0.489 e. The number of ether oxygens (including phenoxy) is 1. The fourth-order valence-corrected chi connectivity index (χ4v) is 3.99. The summed E-state index contributed by atoms with van der Waals surface area (Å²) < 4.78 is 7.58. The Bertz CT molecular complexity index is 1400. The molecule has 0 spiro atoms.